The molecule has 1 aliphatic rings. The first-order valence-corrected chi connectivity index (χ1v) is 7.62. The van der Waals surface area contributed by atoms with Crippen LogP contribution in [0.1, 0.15) is 27.5 Å². The van der Waals surface area contributed by atoms with Gasteiger partial charge in [-0.25, -0.2) is 4.39 Å². The molecular weight excluding hydrogens is 295 g/mol. The zero-order chi connectivity index (χ0) is 16.2. The highest BCUT2D eigenvalue weighted by atomic mass is 19.1. The third-order valence-electron chi connectivity index (χ3n) is 4.10. The van der Waals surface area contributed by atoms with Crippen LogP contribution in [0.3, 0.4) is 0 Å². The fourth-order valence-electron chi connectivity index (χ4n) is 2.88. The molecule has 4 nitrogen and oxygen atoms in total. The second kappa shape index (κ2) is 6.79. The first-order valence-electron chi connectivity index (χ1n) is 7.62. The van der Waals surface area contributed by atoms with E-state index in [1.54, 1.807) is 6.07 Å². The number of rotatable bonds is 4. The Balaban J connectivity index is 1.67. The number of benzene rings is 2. The smallest absolute Gasteiger partial charge is 0.251 e. The van der Waals surface area contributed by atoms with E-state index in [1.807, 2.05) is 12.1 Å². The Bertz CT molecular complexity index is 718. The van der Waals surface area contributed by atoms with Crippen molar-refractivity contribution in [3.05, 3.63) is 65.0 Å². The Labute approximate surface area is 134 Å². The Morgan fingerprint density at radius 2 is 2.17 bits per heavy atom. The quantitative estimate of drug-likeness (QED) is 0.911. The molecule has 0 aliphatic carbocycles. The molecule has 2 aromatic carbocycles. The Morgan fingerprint density at radius 1 is 1.35 bits per heavy atom. The number of methoxy groups -OCH3 is 1. The number of amides is 1. The fourth-order valence-corrected chi connectivity index (χ4v) is 2.88. The summed E-state index contributed by atoms with van der Waals surface area (Å²) in [5.41, 5.74) is 2.80. The van der Waals surface area contributed by atoms with Crippen molar-refractivity contribution >= 4 is 5.91 Å². The number of ether oxygens (including phenoxy) is 1. The van der Waals surface area contributed by atoms with Crippen molar-refractivity contribution < 1.29 is 13.9 Å². The SMILES string of the molecule is COc1ccc(C(=O)NCC2NCCc3ccccc32)cc1F. The molecule has 5 heteroatoms. The summed E-state index contributed by atoms with van der Waals surface area (Å²) in [4.78, 5) is 12.2. The minimum absolute atomic E-state index is 0.0759. The first-order chi connectivity index (χ1) is 11.2. The molecule has 0 bridgehead atoms. The second-order valence-electron chi connectivity index (χ2n) is 5.51. The molecule has 2 aromatic rings. The fraction of sp³-hybridized carbons (Fsp3) is 0.278. The van der Waals surface area contributed by atoms with Crippen LogP contribution in [0.2, 0.25) is 0 Å². The van der Waals surface area contributed by atoms with E-state index in [-0.39, 0.29) is 23.3 Å². The van der Waals surface area contributed by atoms with Crippen LogP contribution < -0.4 is 15.4 Å². The topological polar surface area (TPSA) is 50.4 Å². The van der Waals surface area contributed by atoms with Crippen molar-refractivity contribution in [1.29, 1.82) is 0 Å². The summed E-state index contributed by atoms with van der Waals surface area (Å²) >= 11 is 0. The molecule has 1 aliphatic heterocycles. The van der Waals surface area contributed by atoms with Gasteiger partial charge in [-0.3, -0.25) is 4.79 Å². The van der Waals surface area contributed by atoms with Crippen LogP contribution in [0.4, 0.5) is 4.39 Å². The van der Waals surface area contributed by atoms with Crippen LogP contribution >= 0.6 is 0 Å². The molecule has 2 N–H and O–H groups in total. The van der Waals surface area contributed by atoms with Gasteiger partial charge in [-0.05, 0) is 42.3 Å². The normalized spacial score (nSPS) is 16.5. The third kappa shape index (κ3) is 3.35. The molecule has 3 rings (SSSR count). The molecule has 0 saturated carbocycles. The highest BCUT2D eigenvalue weighted by Crippen LogP contribution is 2.22. The summed E-state index contributed by atoms with van der Waals surface area (Å²) in [5.74, 6) is -0.706. The molecule has 1 unspecified atom stereocenters. The number of fused-ring (bicyclic) bond motifs is 1. The van der Waals surface area contributed by atoms with E-state index < -0.39 is 5.82 Å². The largest absolute Gasteiger partial charge is 0.494 e. The maximum atomic E-state index is 13.7. The predicted octanol–water partition coefficient (Wildman–Crippen LogP) is 2.45. The van der Waals surface area contributed by atoms with Crippen LogP contribution in [0.15, 0.2) is 42.5 Å². The maximum absolute atomic E-state index is 13.7. The van der Waals surface area contributed by atoms with Gasteiger partial charge in [0.25, 0.3) is 5.91 Å². The Kier molecular flexibility index (Phi) is 4.57. The van der Waals surface area contributed by atoms with E-state index in [0.29, 0.717) is 6.54 Å². The van der Waals surface area contributed by atoms with Gasteiger partial charge in [-0.2, -0.15) is 0 Å². The van der Waals surface area contributed by atoms with Gasteiger partial charge in [-0.1, -0.05) is 24.3 Å². The van der Waals surface area contributed by atoms with E-state index in [2.05, 4.69) is 22.8 Å². The van der Waals surface area contributed by atoms with Crippen LogP contribution in [0, 0.1) is 5.82 Å². The maximum Gasteiger partial charge on any atom is 0.251 e. The van der Waals surface area contributed by atoms with Crippen LogP contribution in [0.25, 0.3) is 0 Å². The number of hydrogen-bond donors (Lipinski definition) is 2. The zero-order valence-electron chi connectivity index (χ0n) is 12.9. The minimum Gasteiger partial charge on any atom is -0.494 e. The molecule has 1 amide bonds. The summed E-state index contributed by atoms with van der Waals surface area (Å²) in [6.45, 7) is 1.35. The van der Waals surface area contributed by atoms with Crippen LogP contribution in [0.5, 0.6) is 5.75 Å². The lowest BCUT2D eigenvalue weighted by Gasteiger charge is -2.27. The average Bonchev–Trinajstić information content (AvgIpc) is 2.59. The van der Waals surface area contributed by atoms with Gasteiger partial charge in [0.1, 0.15) is 0 Å². The second-order valence-corrected chi connectivity index (χ2v) is 5.51. The van der Waals surface area contributed by atoms with Gasteiger partial charge in [-0.15, -0.1) is 0 Å². The van der Waals surface area contributed by atoms with Gasteiger partial charge >= 0.3 is 0 Å². The highest BCUT2D eigenvalue weighted by Gasteiger charge is 2.20. The molecule has 1 heterocycles. The summed E-state index contributed by atoms with van der Waals surface area (Å²) in [5, 5.41) is 6.27. The molecule has 1 atom stereocenters. The molecule has 0 fully saturated rings. The van der Waals surface area contributed by atoms with E-state index in [9.17, 15) is 9.18 Å². The summed E-state index contributed by atoms with van der Waals surface area (Å²) in [6, 6.07) is 12.5. The number of carbonyl (C=O) groups excluding carboxylic acids is 1. The lowest BCUT2D eigenvalue weighted by Crippen LogP contribution is -2.38. The van der Waals surface area contributed by atoms with Crippen molar-refractivity contribution in [2.24, 2.45) is 0 Å². The van der Waals surface area contributed by atoms with E-state index in [1.165, 1.54) is 30.4 Å². The van der Waals surface area contributed by atoms with Crippen LogP contribution in [-0.2, 0) is 6.42 Å². The van der Waals surface area contributed by atoms with E-state index in [0.717, 1.165) is 13.0 Å². The predicted molar refractivity (Wildman–Crippen MR) is 86.2 cm³/mol. The van der Waals surface area contributed by atoms with Gasteiger partial charge in [0.05, 0.1) is 7.11 Å². The van der Waals surface area contributed by atoms with Crippen LogP contribution in [-0.4, -0.2) is 26.1 Å². The molecule has 0 aromatic heterocycles. The molecular formula is C18H19FN2O2. The molecule has 120 valence electrons. The molecule has 0 spiro atoms. The van der Waals surface area contributed by atoms with Gasteiger partial charge in [0.2, 0.25) is 0 Å². The number of carbonyl (C=O) groups is 1. The third-order valence-corrected chi connectivity index (χ3v) is 4.10. The van der Waals surface area contributed by atoms with Crippen molar-refractivity contribution in [3.63, 3.8) is 0 Å². The van der Waals surface area contributed by atoms with Gasteiger partial charge in [0, 0.05) is 18.2 Å². The van der Waals surface area contributed by atoms with Crippen molar-refractivity contribution in [2.75, 3.05) is 20.2 Å². The lowest BCUT2D eigenvalue weighted by molar-refractivity contribution is 0.0948. The van der Waals surface area contributed by atoms with Crippen molar-refractivity contribution in [3.8, 4) is 5.75 Å². The number of halogens is 1. The minimum atomic E-state index is -0.540. The lowest BCUT2D eigenvalue weighted by atomic mass is 9.94. The Morgan fingerprint density at radius 3 is 2.96 bits per heavy atom. The number of nitrogens with one attached hydrogen (secondary N) is 2. The standard InChI is InChI=1S/C18H19FN2O2/c1-23-17-7-6-13(10-15(17)19)18(22)21-11-16-14-5-3-2-4-12(14)8-9-20-16/h2-7,10,16,20H,8-9,11H2,1H3,(H,21,22). The van der Waals surface area contributed by atoms with Gasteiger partial charge in [0.15, 0.2) is 11.6 Å². The van der Waals surface area contributed by atoms with Crippen molar-refractivity contribution in [2.45, 2.75) is 12.5 Å². The summed E-state index contributed by atoms with van der Waals surface area (Å²) in [7, 11) is 1.39. The highest BCUT2D eigenvalue weighted by molar-refractivity contribution is 5.94. The number of hydrogen-bond acceptors (Lipinski definition) is 3. The molecule has 0 saturated heterocycles. The summed E-state index contributed by atoms with van der Waals surface area (Å²) in [6.07, 6.45) is 0.990. The molecule has 0 radical (unpaired) electrons. The first kappa shape index (κ1) is 15.5. The molecule has 23 heavy (non-hydrogen) atoms. The Hall–Kier alpha value is -2.40. The zero-order valence-corrected chi connectivity index (χ0v) is 12.9. The van der Waals surface area contributed by atoms with Crippen molar-refractivity contribution in [1.82, 2.24) is 10.6 Å². The summed E-state index contributed by atoms with van der Waals surface area (Å²) < 4.78 is 18.5. The average molecular weight is 314 g/mol. The van der Waals surface area contributed by atoms with E-state index in [4.69, 9.17) is 4.74 Å². The monoisotopic (exact) mass is 314 g/mol. The van der Waals surface area contributed by atoms with Gasteiger partial charge < -0.3 is 15.4 Å². The van der Waals surface area contributed by atoms with E-state index >= 15 is 0 Å².